The summed E-state index contributed by atoms with van der Waals surface area (Å²) in [5.74, 6) is 1.48. The van der Waals surface area contributed by atoms with Crippen molar-refractivity contribution >= 4 is 5.78 Å². The number of carbonyl (C=O) groups excluding carboxylic acids is 1. The van der Waals surface area contributed by atoms with Crippen molar-refractivity contribution in [3.63, 3.8) is 0 Å². The highest BCUT2D eigenvalue weighted by atomic mass is 16.5. The summed E-state index contributed by atoms with van der Waals surface area (Å²) in [5, 5.41) is 0. The fourth-order valence-electron chi connectivity index (χ4n) is 2.33. The van der Waals surface area contributed by atoms with Gasteiger partial charge in [0.05, 0.1) is 14.2 Å². The van der Waals surface area contributed by atoms with E-state index in [1.165, 1.54) is 7.11 Å². The Morgan fingerprint density at radius 1 is 1.14 bits per heavy atom. The second-order valence-corrected chi connectivity index (χ2v) is 5.05. The van der Waals surface area contributed by atoms with Crippen molar-refractivity contribution in [3.8, 4) is 17.2 Å². The van der Waals surface area contributed by atoms with E-state index in [-0.39, 0.29) is 12.4 Å². The van der Waals surface area contributed by atoms with E-state index < -0.39 is 0 Å². The van der Waals surface area contributed by atoms with E-state index in [9.17, 15) is 4.79 Å². The van der Waals surface area contributed by atoms with Crippen LogP contribution in [0.4, 0.5) is 0 Å². The normalized spacial score (nSPS) is 10.4. The third-order valence-corrected chi connectivity index (χ3v) is 3.80. The highest BCUT2D eigenvalue weighted by molar-refractivity contribution is 5.98. The lowest BCUT2D eigenvalue weighted by atomic mass is 10.1. The van der Waals surface area contributed by atoms with Crippen LogP contribution in [-0.2, 0) is 7.05 Å². The lowest BCUT2D eigenvalue weighted by molar-refractivity contribution is 0.0918. The van der Waals surface area contributed by atoms with E-state index in [2.05, 4.69) is 0 Å². The first-order valence-corrected chi connectivity index (χ1v) is 6.99. The molecule has 0 atom stereocenters. The summed E-state index contributed by atoms with van der Waals surface area (Å²) < 4.78 is 18.1. The van der Waals surface area contributed by atoms with Crippen molar-refractivity contribution in [1.82, 2.24) is 4.57 Å². The van der Waals surface area contributed by atoms with Crippen molar-refractivity contribution < 1.29 is 19.0 Å². The molecule has 0 N–H and O–H groups in total. The molecule has 1 aromatic carbocycles. The summed E-state index contributed by atoms with van der Waals surface area (Å²) in [6.45, 7) is 3.84. The minimum absolute atomic E-state index is 0.0478. The lowest BCUT2D eigenvalue weighted by Gasteiger charge is -2.13. The maximum absolute atomic E-state index is 12.3. The number of Topliss-reactive ketones (excluding diaryl/α,β-unsaturated/α-hetero) is 1. The summed E-state index contributed by atoms with van der Waals surface area (Å²) in [7, 11) is 5.04. The first-order chi connectivity index (χ1) is 10.5. The van der Waals surface area contributed by atoms with Crippen LogP contribution in [0.3, 0.4) is 0 Å². The third kappa shape index (κ3) is 2.93. The van der Waals surface area contributed by atoms with Gasteiger partial charge in [-0.2, -0.15) is 0 Å². The van der Waals surface area contributed by atoms with Crippen LogP contribution < -0.4 is 14.2 Å². The van der Waals surface area contributed by atoms with E-state index in [0.717, 1.165) is 11.4 Å². The smallest absolute Gasteiger partial charge is 0.203 e. The third-order valence-electron chi connectivity index (χ3n) is 3.80. The van der Waals surface area contributed by atoms with Gasteiger partial charge >= 0.3 is 0 Å². The first-order valence-electron chi connectivity index (χ1n) is 6.99. The Labute approximate surface area is 130 Å². The predicted molar refractivity (Wildman–Crippen MR) is 84.3 cm³/mol. The van der Waals surface area contributed by atoms with Gasteiger partial charge in [0.15, 0.2) is 18.1 Å². The molecule has 0 bridgehead atoms. The maximum Gasteiger partial charge on any atom is 0.203 e. The molecule has 0 aliphatic carbocycles. The zero-order valence-corrected chi connectivity index (χ0v) is 13.6. The molecule has 5 nitrogen and oxygen atoms in total. The summed E-state index contributed by atoms with van der Waals surface area (Å²) in [4.78, 5) is 12.3. The second kappa shape index (κ2) is 6.56. The first kappa shape index (κ1) is 15.9. The monoisotopic (exact) mass is 303 g/mol. The van der Waals surface area contributed by atoms with Crippen molar-refractivity contribution in [2.24, 2.45) is 7.05 Å². The van der Waals surface area contributed by atoms with Crippen molar-refractivity contribution in [1.29, 1.82) is 0 Å². The summed E-state index contributed by atoms with van der Waals surface area (Å²) in [6.07, 6.45) is 0. The molecule has 0 amide bonds. The molecule has 0 spiro atoms. The average Bonchev–Trinajstić information content (AvgIpc) is 2.79. The number of aryl methyl sites for hydroxylation is 1. The van der Waals surface area contributed by atoms with Gasteiger partial charge in [-0.25, -0.2) is 0 Å². The molecule has 22 heavy (non-hydrogen) atoms. The molecule has 2 rings (SSSR count). The largest absolute Gasteiger partial charge is 0.493 e. The summed E-state index contributed by atoms with van der Waals surface area (Å²) in [5.41, 5.74) is 2.66. The molecule has 0 saturated carbocycles. The van der Waals surface area contributed by atoms with Crippen LogP contribution in [0.25, 0.3) is 0 Å². The number of ether oxygens (including phenoxy) is 3. The molecule has 1 aromatic heterocycles. The topological polar surface area (TPSA) is 49.7 Å². The van der Waals surface area contributed by atoms with E-state index in [0.29, 0.717) is 22.8 Å². The van der Waals surface area contributed by atoms with Gasteiger partial charge < -0.3 is 18.8 Å². The zero-order valence-electron chi connectivity index (χ0n) is 13.6. The fourth-order valence-corrected chi connectivity index (χ4v) is 2.33. The number of aromatic nitrogens is 1. The average molecular weight is 303 g/mol. The number of hydrogen-bond donors (Lipinski definition) is 0. The van der Waals surface area contributed by atoms with Gasteiger partial charge in [-0.1, -0.05) is 6.07 Å². The Bertz CT molecular complexity index is 688. The summed E-state index contributed by atoms with van der Waals surface area (Å²) in [6, 6.07) is 7.19. The van der Waals surface area contributed by atoms with Crippen LogP contribution in [0.2, 0.25) is 0 Å². The highest BCUT2D eigenvalue weighted by Crippen LogP contribution is 2.36. The molecule has 0 saturated heterocycles. The number of benzene rings is 1. The fraction of sp³-hybridized carbons (Fsp3) is 0.353. The number of nitrogens with zero attached hydrogens (tertiary/aromatic N) is 1. The van der Waals surface area contributed by atoms with E-state index >= 15 is 0 Å². The van der Waals surface area contributed by atoms with Crippen molar-refractivity contribution in [3.05, 3.63) is 41.2 Å². The maximum atomic E-state index is 12.3. The van der Waals surface area contributed by atoms with E-state index in [4.69, 9.17) is 14.2 Å². The van der Waals surface area contributed by atoms with Gasteiger partial charge in [-0.3, -0.25) is 4.79 Å². The number of carbonyl (C=O) groups is 1. The summed E-state index contributed by atoms with van der Waals surface area (Å²) >= 11 is 0. The van der Waals surface area contributed by atoms with Gasteiger partial charge in [-0.05, 0) is 32.0 Å². The van der Waals surface area contributed by atoms with Gasteiger partial charge in [0.2, 0.25) is 11.5 Å². The molecule has 0 aliphatic rings. The van der Waals surface area contributed by atoms with Crippen LogP contribution in [0.5, 0.6) is 17.2 Å². The number of para-hydroxylation sites is 1. The molecule has 0 fully saturated rings. The number of ketones is 1. The van der Waals surface area contributed by atoms with Crippen LogP contribution >= 0.6 is 0 Å². The quantitative estimate of drug-likeness (QED) is 0.770. The Morgan fingerprint density at radius 2 is 1.82 bits per heavy atom. The van der Waals surface area contributed by atoms with Gasteiger partial charge in [0.1, 0.15) is 0 Å². The van der Waals surface area contributed by atoms with Crippen LogP contribution in [0.15, 0.2) is 24.3 Å². The second-order valence-electron chi connectivity index (χ2n) is 5.05. The Kier molecular flexibility index (Phi) is 4.75. The zero-order chi connectivity index (χ0) is 16.3. The lowest BCUT2D eigenvalue weighted by Crippen LogP contribution is -2.13. The minimum atomic E-state index is -0.0638. The molecule has 5 heteroatoms. The predicted octanol–water partition coefficient (Wildman–Crippen LogP) is 2.92. The Morgan fingerprint density at radius 3 is 2.36 bits per heavy atom. The SMILES string of the molecule is COc1cccc(OCC(=O)c2cc(C)n(C)c2C)c1OC. The van der Waals surface area contributed by atoms with Crippen molar-refractivity contribution in [2.75, 3.05) is 20.8 Å². The van der Waals surface area contributed by atoms with E-state index in [1.807, 2.05) is 31.5 Å². The van der Waals surface area contributed by atoms with Gasteiger partial charge in [0, 0.05) is 24.0 Å². The Hall–Kier alpha value is -2.43. The van der Waals surface area contributed by atoms with Crippen LogP contribution in [0.1, 0.15) is 21.7 Å². The molecular formula is C17H21NO4. The standard InChI is InChI=1S/C17H21NO4/c1-11-9-13(12(2)18(11)3)14(19)10-22-16-8-6-7-15(20-4)17(16)21-5/h6-9H,10H2,1-5H3. The molecule has 0 radical (unpaired) electrons. The van der Waals surface area contributed by atoms with Gasteiger partial charge in [0.25, 0.3) is 0 Å². The number of rotatable bonds is 6. The number of methoxy groups -OCH3 is 2. The van der Waals surface area contributed by atoms with Gasteiger partial charge in [-0.15, -0.1) is 0 Å². The molecule has 0 aliphatic heterocycles. The molecule has 0 unspecified atom stereocenters. The van der Waals surface area contributed by atoms with E-state index in [1.54, 1.807) is 25.3 Å². The molecule has 118 valence electrons. The highest BCUT2D eigenvalue weighted by Gasteiger charge is 2.16. The Balaban J connectivity index is 2.16. The van der Waals surface area contributed by atoms with Crippen molar-refractivity contribution in [2.45, 2.75) is 13.8 Å². The number of hydrogen-bond acceptors (Lipinski definition) is 4. The molecule has 1 heterocycles. The minimum Gasteiger partial charge on any atom is -0.493 e. The molecule has 2 aromatic rings. The van der Waals surface area contributed by atoms with Crippen LogP contribution in [0, 0.1) is 13.8 Å². The van der Waals surface area contributed by atoms with Crippen LogP contribution in [-0.4, -0.2) is 31.2 Å². The molecular weight excluding hydrogens is 282 g/mol.